The lowest BCUT2D eigenvalue weighted by Crippen LogP contribution is -2.43. The number of pyridine rings is 2. The summed E-state index contributed by atoms with van der Waals surface area (Å²) in [6.07, 6.45) is 0. The van der Waals surface area contributed by atoms with Gasteiger partial charge in [0.25, 0.3) is 11.1 Å². The van der Waals surface area contributed by atoms with E-state index in [4.69, 9.17) is 10.4 Å². The molecule has 10 nitrogen and oxygen atoms in total. The molecule has 0 amide bonds. The standard InChI is InChI=1S/C12H6N4O6/c17-9-5-3(13-11(19)7(9)15-21)1-2-4-6(5)10(18)8(16-22)12(20)14-4/h1-2,21-22H,(H,13,19)(H,14,20). The summed E-state index contributed by atoms with van der Waals surface area (Å²) < 4.78 is 0. The minimum Gasteiger partial charge on any atom is -0.410 e. The van der Waals surface area contributed by atoms with E-state index < -0.39 is 32.7 Å². The molecule has 0 atom stereocenters. The number of nitrogens with one attached hydrogen (secondary N) is 2. The van der Waals surface area contributed by atoms with Gasteiger partial charge in [-0.05, 0) is 12.1 Å². The van der Waals surface area contributed by atoms with E-state index in [0.29, 0.717) is 0 Å². The van der Waals surface area contributed by atoms with Gasteiger partial charge in [-0.25, -0.2) is 0 Å². The fourth-order valence-electron chi connectivity index (χ4n) is 2.27. The minimum atomic E-state index is -0.986. The Balaban J connectivity index is 2.87. The summed E-state index contributed by atoms with van der Waals surface area (Å²) in [5.74, 6) is 0. The highest BCUT2D eigenvalue weighted by Gasteiger charge is 2.14. The quantitative estimate of drug-likeness (QED) is 0.204. The van der Waals surface area contributed by atoms with Gasteiger partial charge in [-0.2, -0.15) is 0 Å². The monoisotopic (exact) mass is 302 g/mol. The third-order valence-corrected chi connectivity index (χ3v) is 3.22. The summed E-state index contributed by atoms with van der Waals surface area (Å²) in [7, 11) is 0. The van der Waals surface area contributed by atoms with Gasteiger partial charge in [-0.15, -0.1) is 0 Å². The van der Waals surface area contributed by atoms with Gasteiger partial charge in [0.05, 0.1) is 21.8 Å². The Bertz CT molecular complexity index is 1170. The van der Waals surface area contributed by atoms with Crippen LogP contribution in [0.2, 0.25) is 0 Å². The van der Waals surface area contributed by atoms with E-state index in [1.165, 1.54) is 12.1 Å². The predicted molar refractivity (Wildman–Crippen MR) is 72.3 cm³/mol. The number of aromatic amines is 2. The van der Waals surface area contributed by atoms with Crippen LogP contribution in [0.25, 0.3) is 21.8 Å². The van der Waals surface area contributed by atoms with Crippen molar-refractivity contribution >= 4 is 21.8 Å². The highest BCUT2D eigenvalue weighted by molar-refractivity contribution is 6.04. The van der Waals surface area contributed by atoms with E-state index in [1.807, 2.05) is 0 Å². The Morgan fingerprint density at radius 2 is 1.09 bits per heavy atom. The lowest BCUT2D eigenvalue weighted by molar-refractivity contribution is 0.300. The SMILES string of the molecule is O=c1[nH]c2ccc3[nH]c(=O)c(=NO)c(=O)c3c2c(=O)c1=NO. The molecule has 2 aromatic heterocycles. The van der Waals surface area contributed by atoms with Gasteiger partial charge in [0, 0.05) is 0 Å². The first-order valence-corrected chi connectivity index (χ1v) is 5.82. The fraction of sp³-hybridized carbons (Fsp3) is 0. The first kappa shape index (κ1) is 13.4. The van der Waals surface area contributed by atoms with Crippen molar-refractivity contribution in [2.75, 3.05) is 0 Å². The summed E-state index contributed by atoms with van der Waals surface area (Å²) in [5.41, 5.74) is -3.79. The first-order valence-electron chi connectivity index (χ1n) is 5.82. The highest BCUT2D eigenvalue weighted by atomic mass is 16.4. The fourth-order valence-corrected chi connectivity index (χ4v) is 2.27. The van der Waals surface area contributed by atoms with Crippen molar-refractivity contribution in [2.45, 2.75) is 0 Å². The maximum atomic E-state index is 12.2. The smallest absolute Gasteiger partial charge is 0.281 e. The number of aromatic nitrogens is 2. The highest BCUT2D eigenvalue weighted by Crippen LogP contribution is 2.13. The molecule has 22 heavy (non-hydrogen) atoms. The van der Waals surface area contributed by atoms with Crippen molar-refractivity contribution in [3.05, 3.63) is 64.0 Å². The second kappa shape index (κ2) is 4.48. The third kappa shape index (κ3) is 1.60. The number of hydrogen-bond acceptors (Lipinski definition) is 8. The van der Waals surface area contributed by atoms with Gasteiger partial charge in [0.15, 0.2) is 0 Å². The molecule has 0 spiro atoms. The number of nitrogens with zero attached hydrogens (tertiary/aromatic N) is 2. The molecule has 4 N–H and O–H groups in total. The van der Waals surface area contributed by atoms with Gasteiger partial charge in [0.1, 0.15) is 0 Å². The van der Waals surface area contributed by atoms with E-state index >= 15 is 0 Å². The Kier molecular flexibility index (Phi) is 2.73. The number of H-pyrrole nitrogens is 2. The van der Waals surface area contributed by atoms with E-state index in [2.05, 4.69) is 20.3 Å². The largest absolute Gasteiger partial charge is 0.410 e. The van der Waals surface area contributed by atoms with Crippen LogP contribution >= 0.6 is 0 Å². The maximum Gasteiger partial charge on any atom is 0.281 e. The molecule has 0 aliphatic rings. The molecule has 2 heterocycles. The molecule has 10 heteroatoms. The summed E-state index contributed by atoms with van der Waals surface area (Å²) in [6, 6.07) is 2.62. The molecule has 3 rings (SSSR count). The number of benzene rings is 1. The summed E-state index contributed by atoms with van der Waals surface area (Å²) >= 11 is 0. The van der Waals surface area contributed by atoms with Crippen LogP contribution in [0.3, 0.4) is 0 Å². The lowest BCUT2D eigenvalue weighted by atomic mass is 10.1. The molecular weight excluding hydrogens is 296 g/mol. The van der Waals surface area contributed by atoms with Crippen molar-refractivity contribution in [3.8, 4) is 0 Å². The van der Waals surface area contributed by atoms with Crippen LogP contribution in [0, 0.1) is 0 Å². The Labute approximate surface area is 117 Å². The Hall–Kier alpha value is -3.56. The molecule has 1 aromatic carbocycles. The van der Waals surface area contributed by atoms with Crippen LogP contribution in [0.15, 0.2) is 41.6 Å². The molecule has 0 radical (unpaired) electrons. The van der Waals surface area contributed by atoms with E-state index in [1.54, 1.807) is 0 Å². The van der Waals surface area contributed by atoms with Crippen LogP contribution in [0.1, 0.15) is 0 Å². The normalized spacial score (nSPS) is 13.3. The van der Waals surface area contributed by atoms with Crippen LogP contribution in [0.4, 0.5) is 0 Å². The molecule has 0 saturated carbocycles. The molecule has 0 aliphatic carbocycles. The van der Waals surface area contributed by atoms with Gasteiger partial charge >= 0.3 is 0 Å². The molecular formula is C12H6N4O6. The molecule has 0 aliphatic heterocycles. The molecule has 0 saturated heterocycles. The topological polar surface area (TPSA) is 165 Å². The van der Waals surface area contributed by atoms with E-state index in [9.17, 15) is 19.2 Å². The van der Waals surface area contributed by atoms with Gasteiger partial charge in [-0.1, -0.05) is 10.3 Å². The Morgan fingerprint density at radius 3 is 1.41 bits per heavy atom. The van der Waals surface area contributed by atoms with Crippen LogP contribution < -0.4 is 32.7 Å². The lowest BCUT2D eigenvalue weighted by Gasteiger charge is -2.01. The summed E-state index contributed by atoms with van der Waals surface area (Å²) in [5, 5.41) is 20.6. The van der Waals surface area contributed by atoms with Crippen molar-refractivity contribution < 1.29 is 10.4 Å². The van der Waals surface area contributed by atoms with E-state index in [-0.39, 0.29) is 21.8 Å². The molecule has 0 bridgehead atoms. The minimum absolute atomic E-state index is 0.0166. The van der Waals surface area contributed by atoms with Gasteiger partial charge in [-0.3, -0.25) is 19.2 Å². The Morgan fingerprint density at radius 1 is 0.727 bits per heavy atom. The average molecular weight is 302 g/mol. The summed E-state index contributed by atoms with van der Waals surface area (Å²) in [4.78, 5) is 52.2. The van der Waals surface area contributed by atoms with Crippen molar-refractivity contribution in [2.24, 2.45) is 10.3 Å². The second-order valence-corrected chi connectivity index (χ2v) is 4.37. The number of hydrogen-bond donors (Lipinski definition) is 4. The molecule has 0 fully saturated rings. The zero-order chi connectivity index (χ0) is 16.0. The second-order valence-electron chi connectivity index (χ2n) is 4.37. The van der Waals surface area contributed by atoms with Gasteiger partial charge < -0.3 is 20.4 Å². The molecule has 110 valence electrons. The zero-order valence-electron chi connectivity index (χ0n) is 10.6. The third-order valence-electron chi connectivity index (χ3n) is 3.22. The first-order chi connectivity index (χ1) is 10.5. The van der Waals surface area contributed by atoms with Crippen molar-refractivity contribution in [1.82, 2.24) is 9.97 Å². The van der Waals surface area contributed by atoms with Crippen molar-refractivity contribution in [3.63, 3.8) is 0 Å². The van der Waals surface area contributed by atoms with Crippen LogP contribution in [0.5, 0.6) is 0 Å². The summed E-state index contributed by atoms with van der Waals surface area (Å²) in [6.45, 7) is 0. The number of fused-ring (bicyclic) bond motifs is 3. The predicted octanol–water partition coefficient (Wildman–Crippen LogP) is -2.45. The maximum absolute atomic E-state index is 12.2. The average Bonchev–Trinajstić information content (AvgIpc) is 2.47. The number of rotatable bonds is 0. The van der Waals surface area contributed by atoms with Crippen molar-refractivity contribution in [1.29, 1.82) is 0 Å². The van der Waals surface area contributed by atoms with E-state index in [0.717, 1.165) is 0 Å². The van der Waals surface area contributed by atoms with Crippen LogP contribution in [-0.2, 0) is 0 Å². The molecule has 0 unspecified atom stereocenters. The van der Waals surface area contributed by atoms with Crippen LogP contribution in [-0.4, -0.2) is 20.4 Å². The zero-order valence-corrected chi connectivity index (χ0v) is 10.6. The molecule has 3 aromatic rings. The van der Waals surface area contributed by atoms with Gasteiger partial charge in [0.2, 0.25) is 21.6 Å².